The minimum absolute atomic E-state index is 0.0942. The number of aromatic nitrogens is 4. The lowest BCUT2D eigenvalue weighted by Crippen LogP contribution is -2.38. The van der Waals surface area contributed by atoms with Crippen LogP contribution in [0.1, 0.15) is 47.9 Å². The summed E-state index contributed by atoms with van der Waals surface area (Å²) in [5.74, 6) is 2.60. The third-order valence-corrected chi connectivity index (χ3v) is 4.60. The molecule has 0 aliphatic carbocycles. The predicted molar refractivity (Wildman–Crippen MR) is 94.6 cm³/mol. The molecule has 7 heteroatoms. The molecule has 7 nitrogen and oxygen atoms in total. The molecule has 2 aromatic heterocycles. The number of pyridine rings is 1. The molecule has 1 atom stereocenters. The maximum atomic E-state index is 5.89. The Balaban J connectivity index is 1.69. The molecule has 1 N–H and O–H groups in total. The van der Waals surface area contributed by atoms with E-state index >= 15 is 0 Å². The van der Waals surface area contributed by atoms with Gasteiger partial charge in [0.1, 0.15) is 17.7 Å². The predicted octanol–water partition coefficient (Wildman–Crippen LogP) is 2.35. The summed E-state index contributed by atoms with van der Waals surface area (Å²) in [5.41, 5.74) is 3.21. The summed E-state index contributed by atoms with van der Waals surface area (Å²) in [5, 5.41) is 7.34. The van der Waals surface area contributed by atoms with E-state index in [-0.39, 0.29) is 6.10 Å². The minimum atomic E-state index is -0.0942. The molecule has 0 aromatic carbocycles. The highest BCUT2D eigenvalue weighted by molar-refractivity contribution is 5.41. The first-order valence-electron chi connectivity index (χ1n) is 8.86. The van der Waals surface area contributed by atoms with E-state index in [2.05, 4.69) is 38.9 Å². The molecule has 1 saturated heterocycles. The Labute approximate surface area is 148 Å². The van der Waals surface area contributed by atoms with E-state index in [4.69, 9.17) is 9.47 Å². The summed E-state index contributed by atoms with van der Waals surface area (Å²) in [6.07, 6.45) is 3.75. The normalized spacial score (nSPS) is 18.5. The molecular formula is C18H27N5O2. The fraction of sp³-hybridized carbons (Fsp3) is 0.611. The molecule has 1 fully saturated rings. The van der Waals surface area contributed by atoms with Crippen LogP contribution < -0.4 is 4.74 Å². The third kappa shape index (κ3) is 3.99. The maximum Gasteiger partial charge on any atom is 0.180 e. The van der Waals surface area contributed by atoms with Crippen LogP contribution >= 0.6 is 0 Å². The molecule has 25 heavy (non-hydrogen) atoms. The van der Waals surface area contributed by atoms with Gasteiger partial charge in [-0.2, -0.15) is 5.10 Å². The van der Waals surface area contributed by atoms with Crippen molar-refractivity contribution >= 4 is 0 Å². The van der Waals surface area contributed by atoms with Crippen molar-refractivity contribution in [3.63, 3.8) is 0 Å². The molecule has 1 aliphatic heterocycles. The van der Waals surface area contributed by atoms with E-state index < -0.39 is 0 Å². The summed E-state index contributed by atoms with van der Waals surface area (Å²) in [6.45, 7) is 9.30. The van der Waals surface area contributed by atoms with Crippen LogP contribution in [0.25, 0.3) is 0 Å². The van der Waals surface area contributed by atoms with Crippen molar-refractivity contribution in [3.05, 3.63) is 34.7 Å². The summed E-state index contributed by atoms with van der Waals surface area (Å²) >= 11 is 0. The van der Waals surface area contributed by atoms with Gasteiger partial charge in [0.05, 0.1) is 19.4 Å². The van der Waals surface area contributed by atoms with Gasteiger partial charge in [0, 0.05) is 43.4 Å². The highest BCUT2D eigenvalue weighted by Gasteiger charge is 2.26. The van der Waals surface area contributed by atoms with Crippen LogP contribution in [0.4, 0.5) is 0 Å². The summed E-state index contributed by atoms with van der Waals surface area (Å²) in [4.78, 5) is 11.5. The number of hydrogen-bond donors (Lipinski definition) is 1. The number of nitrogens with one attached hydrogen (secondary N) is 1. The van der Waals surface area contributed by atoms with Crippen molar-refractivity contribution in [3.8, 4) is 5.75 Å². The number of rotatable bonds is 6. The van der Waals surface area contributed by atoms with E-state index in [0.29, 0.717) is 6.61 Å². The smallest absolute Gasteiger partial charge is 0.180 e. The number of hydrogen-bond acceptors (Lipinski definition) is 6. The lowest BCUT2D eigenvalue weighted by atomic mass is 10.1. The van der Waals surface area contributed by atoms with Crippen LogP contribution in [0.3, 0.4) is 0 Å². The number of aryl methyl sites for hydroxylation is 2. The summed E-state index contributed by atoms with van der Waals surface area (Å²) in [7, 11) is 1.71. The second kappa shape index (κ2) is 7.93. The van der Waals surface area contributed by atoms with Gasteiger partial charge in [-0.15, -0.1) is 0 Å². The molecular weight excluding hydrogens is 318 g/mol. The van der Waals surface area contributed by atoms with Crippen LogP contribution in [0, 0.1) is 13.8 Å². The average molecular weight is 345 g/mol. The fourth-order valence-corrected chi connectivity index (χ4v) is 3.25. The Morgan fingerprint density at radius 3 is 3.00 bits per heavy atom. The number of methoxy groups -OCH3 is 1. The zero-order valence-electron chi connectivity index (χ0n) is 15.5. The molecule has 0 bridgehead atoms. The highest BCUT2D eigenvalue weighted by Crippen LogP contribution is 2.26. The van der Waals surface area contributed by atoms with Gasteiger partial charge in [-0.05, 0) is 20.3 Å². The zero-order chi connectivity index (χ0) is 17.8. The Morgan fingerprint density at radius 1 is 1.40 bits per heavy atom. The van der Waals surface area contributed by atoms with Gasteiger partial charge in [0.25, 0.3) is 0 Å². The van der Waals surface area contributed by atoms with Crippen LogP contribution in [0.5, 0.6) is 5.75 Å². The van der Waals surface area contributed by atoms with Crippen molar-refractivity contribution < 1.29 is 9.47 Å². The molecule has 136 valence electrons. The molecule has 3 heterocycles. The molecule has 0 amide bonds. The first-order valence-corrected chi connectivity index (χ1v) is 8.86. The van der Waals surface area contributed by atoms with Gasteiger partial charge < -0.3 is 9.47 Å². The lowest BCUT2D eigenvalue weighted by Gasteiger charge is -2.31. The zero-order valence-corrected chi connectivity index (χ0v) is 15.5. The molecule has 0 spiro atoms. The van der Waals surface area contributed by atoms with Crippen molar-refractivity contribution in [2.75, 3.05) is 26.8 Å². The van der Waals surface area contributed by atoms with Gasteiger partial charge in [0.15, 0.2) is 5.82 Å². The average Bonchev–Trinajstić information content (AvgIpc) is 3.07. The third-order valence-electron chi connectivity index (χ3n) is 4.60. The van der Waals surface area contributed by atoms with Crippen LogP contribution in [-0.2, 0) is 17.7 Å². The number of morpholine rings is 1. The van der Waals surface area contributed by atoms with E-state index in [1.807, 2.05) is 13.1 Å². The van der Waals surface area contributed by atoms with Crippen LogP contribution in [0.2, 0.25) is 0 Å². The molecule has 0 saturated carbocycles. The van der Waals surface area contributed by atoms with E-state index in [9.17, 15) is 0 Å². The maximum absolute atomic E-state index is 5.89. The van der Waals surface area contributed by atoms with Gasteiger partial charge in [-0.25, -0.2) is 4.98 Å². The fourth-order valence-electron chi connectivity index (χ4n) is 3.25. The standard InChI is InChI=1S/C18H27N5O2/c1-5-6-16-20-18(22-21-16)15-11-23(7-8-25-15)10-14-13(3)17(24-4)12(2)9-19-14/h9,15H,5-8,10-11H2,1-4H3,(H,20,21,22)/t15-/m0/s1. The Bertz CT molecular complexity index is 715. The number of aromatic amines is 1. The molecule has 0 radical (unpaired) electrons. The van der Waals surface area contributed by atoms with E-state index in [0.717, 1.165) is 66.7 Å². The second-order valence-corrected chi connectivity index (χ2v) is 6.53. The van der Waals surface area contributed by atoms with Crippen molar-refractivity contribution in [2.45, 2.75) is 46.3 Å². The topological polar surface area (TPSA) is 76.2 Å². The molecule has 0 unspecified atom stereocenters. The highest BCUT2D eigenvalue weighted by atomic mass is 16.5. The van der Waals surface area contributed by atoms with Gasteiger partial charge in [-0.3, -0.25) is 15.0 Å². The first kappa shape index (κ1) is 17.8. The Hall–Kier alpha value is -1.99. The number of nitrogens with zero attached hydrogens (tertiary/aromatic N) is 4. The van der Waals surface area contributed by atoms with E-state index in [1.54, 1.807) is 7.11 Å². The molecule has 3 rings (SSSR count). The van der Waals surface area contributed by atoms with Gasteiger partial charge in [-0.1, -0.05) is 6.92 Å². The van der Waals surface area contributed by atoms with Crippen LogP contribution in [-0.4, -0.2) is 51.9 Å². The Morgan fingerprint density at radius 2 is 2.24 bits per heavy atom. The number of ether oxygens (including phenoxy) is 2. The monoisotopic (exact) mass is 345 g/mol. The molecule has 2 aromatic rings. The van der Waals surface area contributed by atoms with E-state index in [1.165, 1.54) is 0 Å². The van der Waals surface area contributed by atoms with Crippen molar-refractivity contribution in [1.29, 1.82) is 0 Å². The Kier molecular flexibility index (Phi) is 5.65. The van der Waals surface area contributed by atoms with Crippen LogP contribution in [0.15, 0.2) is 6.20 Å². The molecule has 1 aliphatic rings. The van der Waals surface area contributed by atoms with Gasteiger partial charge >= 0.3 is 0 Å². The quantitative estimate of drug-likeness (QED) is 0.866. The first-order chi connectivity index (χ1) is 12.1. The number of H-pyrrole nitrogens is 1. The largest absolute Gasteiger partial charge is 0.496 e. The lowest BCUT2D eigenvalue weighted by molar-refractivity contribution is -0.0375. The summed E-state index contributed by atoms with van der Waals surface area (Å²) < 4.78 is 11.4. The van der Waals surface area contributed by atoms with Gasteiger partial charge in [0.2, 0.25) is 0 Å². The minimum Gasteiger partial charge on any atom is -0.496 e. The SMILES string of the molecule is CCCc1nc([C@@H]2CN(Cc3ncc(C)c(OC)c3C)CCO2)n[nH]1. The van der Waals surface area contributed by atoms with Crippen molar-refractivity contribution in [2.24, 2.45) is 0 Å². The second-order valence-electron chi connectivity index (χ2n) is 6.53. The van der Waals surface area contributed by atoms with Crippen molar-refractivity contribution in [1.82, 2.24) is 25.1 Å². The summed E-state index contributed by atoms with van der Waals surface area (Å²) in [6, 6.07) is 0.